The molecule has 0 N–H and O–H groups in total. The second kappa shape index (κ2) is 6.83. The molecule has 0 aliphatic rings. The zero-order valence-electron chi connectivity index (χ0n) is 15.6. The standard InChI is InChI=1S/C22H21NO4/c1-14-8-9-15(2)20-19(14)16(3)21(27-20)22(24)23(12-17-6-4-10-25-17)13-18-7-5-11-26-18/h4-11H,12-13H2,1-3H3. The molecule has 0 aliphatic heterocycles. The predicted octanol–water partition coefficient (Wildman–Crippen LogP) is 5.39. The Morgan fingerprint density at radius 1 is 0.889 bits per heavy atom. The maximum atomic E-state index is 13.4. The highest BCUT2D eigenvalue weighted by Crippen LogP contribution is 2.31. The monoisotopic (exact) mass is 363 g/mol. The molecule has 27 heavy (non-hydrogen) atoms. The second-order valence-corrected chi connectivity index (χ2v) is 6.78. The molecule has 138 valence electrons. The van der Waals surface area contributed by atoms with Crippen LogP contribution in [0.25, 0.3) is 11.0 Å². The number of rotatable bonds is 5. The van der Waals surface area contributed by atoms with Gasteiger partial charge in [0.05, 0.1) is 25.6 Å². The number of hydrogen-bond donors (Lipinski definition) is 0. The summed E-state index contributed by atoms with van der Waals surface area (Å²) in [5, 5.41) is 1.01. The fourth-order valence-corrected chi connectivity index (χ4v) is 3.40. The molecule has 0 fully saturated rings. The van der Waals surface area contributed by atoms with E-state index >= 15 is 0 Å². The maximum absolute atomic E-state index is 13.4. The molecular weight excluding hydrogens is 342 g/mol. The van der Waals surface area contributed by atoms with Crippen molar-refractivity contribution < 1.29 is 18.0 Å². The van der Waals surface area contributed by atoms with Gasteiger partial charge in [0, 0.05) is 10.9 Å². The van der Waals surface area contributed by atoms with Gasteiger partial charge in [0.15, 0.2) is 5.76 Å². The van der Waals surface area contributed by atoms with Gasteiger partial charge in [0.1, 0.15) is 17.1 Å². The van der Waals surface area contributed by atoms with Crippen molar-refractivity contribution in [3.8, 4) is 0 Å². The number of benzene rings is 1. The van der Waals surface area contributed by atoms with E-state index in [4.69, 9.17) is 13.3 Å². The largest absolute Gasteiger partial charge is 0.467 e. The quantitative estimate of drug-likeness (QED) is 0.477. The van der Waals surface area contributed by atoms with E-state index < -0.39 is 0 Å². The van der Waals surface area contributed by atoms with Crippen LogP contribution in [0.4, 0.5) is 0 Å². The third-order valence-corrected chi connectivity index (χ3v) is 4.82. The summed E-state index contributed by atoms with van der Waals surface area (Å²) in [6.07, 6.45) is 3.20. The first-order chi connectivity index (χ1) is 13.0. The molecule has 5 heteroatoms. The number of amides is 1. The van der Waals surface area contributed by atoms with Gasteiger partial charge in [-0.25, -0.2) is 0 Å². The topological polar surface area (TPSA) is 59.7 Å². The molecule has 3 heterocycles. The molecule has 4 aromatic rings. The van der Waals surface area contributed by atoms with Gasteiger partial charge in [0.2, 0.25) is 0 Å². The minimum atomic E-state index is -0.185. The molecule has 0 radical (unpaired) electrons. The van der Waals surface area contributed by atoms with Gasteiger partial charge >= 0.3 is 0 Å². The van der Waals surface area contributed by atoms with Crippen LogP contribution in [0.1, 0.15) is 38.8 Å². The van der Waals surface area contributed by atoms with Gasteiger partial charge in [-0.15, -0.1) is 0 Å². The lowest BCUT2D eigenvalue weighted by Crippen LogP contribution is -2.30. The van der Waals surface area contributed by atoms with E-state index in [2.05, 4.69) is 6.07 Å². The fraction of sp³-hybridized carbons (Fsp3) is 0.227. The molecule has 1 aromatic carbocycles. The SMILES string of the molecule is Cc1ccc(C)c2c(C)c(C(=O)N(Cc3ccco3)Cc3ccco3)oc12. The molecule has 0 bridgehead atoms. The minimum Gasteiger partial charge on any atom is -0.467 e. The van der Waals surface area contributed by atoms with E-state index in [1.165, 1.54) is 0 Å². The summed E-state index contributed by atoms with van der Waals surface area (Å²) in [5.41, 5.74) is 3.74. The van der Waals surface area contributed by atoms with Crippen LogP contribution in [0.15, 0.2) is 62.2 Å². The summed E-state index contributed by atoms with van der Waals surface area (Å²) in [5.74, 6) is 1.59. The highest BCUT2D eigenvalue weighted by Gasteiger charge is 2.26. The Balaban J connectivity index is 1.74. The van der Waals surface area contributed by atoms with Gasteiger partial charge in [-0.05, 0) is 56.2 Å². The van der Waals surface area contributed by atoms with Gasteiger partial charge in [-0.1, -0.05) is 12.1 Å². The summed E-state index contributed by atoms with van der Waals surface area (Å²) in [4.78, 5) is 15.0. The zero-order chi connectivity index (χ0) is 19.0. The van der Waals surface area contributed by atoms with Crippen LogP contribution < -0.4 is 0 Å². The minimum absolute atomic E-state index is 0.185. The molecule has 0 unspecified atom stereocenters. The van der Waals surface area contributed by atoms with E-state index in [0.29, 0.717) is 30.4 Å². The van der Waals surface area contributed by atoms with E-state index in [9.17, 15) is 4.79 Å². The Hall–Kier alpha value is -3.21. The average molecular weight is 363 g/mol. The number of hydrogen-bond acceptors (Lipinski definition) is 4. The molecule has 0 spiro atoms. The maximum Gasteiger partial charge on any atom is 0.290 e. The lowest BCUT2D eigenvalue weighted by molar-refractivity contribution is 0.0674. The van der Waals surface area contributed by atoms with Crippen LogP contribution in [0.3, 0.4) is 0 Å². The zero-order valence-corrected chi connectivity index (χ0v) is 15.6. The second-order valence-electron chi connectivity index (χ2n) is 6.78. The molecule has 4 rings (SSSR count). The van der Waals surface area contributed by atoms with Crippen molar-refractivity contribution in [1.82, 2.24) is 4.90 Å². The van der Waals surface area contributed by atoms with E-state index in [1.54, 1.807) is 17.4 Å². The lowest BCUT2D eigenvalue weighted by Gasteiger charge is -2.19. The number of carbonyl (C=O) groups excluding carboxylic acids is 1. The molecule has 0 atom stereocenters. The first kappa shape index (κ1) is 17.2. The first-order valence-corrected chi connectivity index (χ1v) is 8.88. The Labute approximate surface area is 157 Å². The van der Waals surface area contributed by atoms with Crippen molar-refractivity contribution in [3.05, 3.63) is 82.9 Å². The summed E-state index contributed by atoms with van der Waals surface area (Å²) < 4.78 is 16.9. The Kier molecular flexibility index (Phi) is 4.36. The Bertz CT molecular complexity index is 1040. The van der Waals surface area contributed by atoms with Gasteiger partial charge in [-0.2, -0.15) is 0 Å². The summed E-state index contributed by atoms with van der Waals surface area (Å²) in [6.45, 7) is 6.62. The molecule has 0 saturated heterocycles. The van der Waals surface area contributed by atoms with Crippen molar-refractivity contribution >= 4 is 16.9 Å². The third kappa shape index (κ3) is 3.16. The van der Waals surface area contributed by atoms with Gasteiger partial charge in [0.25, 0.3) is 5.91 Å². The van der Waals surface area contributed by atoms with Crippen LogP contribution in [-0.2, 0) is 13.1 Å². The van der Waals surface area contributed by atoms with Crippen LogP contribution in [0.5, 0.6) is 0 Å². The van der Waals surface area contributed by atoms with Crippen molar-refractivity contribution in [1.29, 1.82) is 0 Å². The molecule has 0 aliphatic carbocycles. The fourth-order valence-electron chi connectivity index (χ4n) is 3.40. The van der Waals surface area contributed by atoms with Crippen LogP contribution in [0, 0.1) is 20.8 Å². The Morgan fingerprint density at radius 2 is 1.48 bits per heavy atom. The van der Waals surface area contributed by atoms with E-state index in [0.717, 1.165) is 27.7 Å². The number of fused-ring (bicyclic) bond motifs is 1. The summed E-state index contributed by atoms with van der Waals surface area (Å²) >= 11 is 0. The van der Waals surface area contributed by atoms with Crippen LogP contribution >= 0.6 is 0 Å². The smallest absolute Gasteiger partial charge is 0.290 e. The third-order valence-electron chi connectivity index (χ3n) is 4.82. The molecule has 5 nitrogen and oxygen atoms in total. The van der Waals surface area contributed by atoms with Crippen LogP contribution in [-0.4, -0.2) is 10.8 Å². The summed E-state index contributed by atoms with van der Waals surface area (Å²) in [6, 6.07) is 11.4. The van der Waals surface area contributed by atoms with E-state index in [1.807, 2.05) is 51.1 Å². The molecule has 1 amide bonds. The Morgan fingerprint density at radius 3 is 2.00 bits per heavy atom. The van der Waals surface area contributed by atoms with Crippen molar-refractivity contribution in [3.63, 3.8) is 0 Å². The van der Waals surface area contributed by atoms with Crippen LogP contribution in [0.2, 0.25) is 0 Å². The number of carbonyl (C=O) groups is 1. The number of aryl methyl sites for hydroxylation is 3. The lowest BCUT2D eigenvalue weighted by atomic mass is 10.0. The highest BCUT2D eigenvalue weighted by molar-refractivity contribution is 6.00. The van der Waals surface area contributed by atoms with Gasteiger partial charge in [-0.3, -0.25) is 4.79 Å². The van der Waals surface area contributed by atoms with E-state index in [-0.39, 0.29) is 5.91 Å². The van der Waals surface area contributed by atoms with Crippen molar-refractivity contribution in [2.75, 3.05) is 0 Å². The normalized spacial score (nSPS) is 11.2. The molecule has 3 aromatic heterocycles. The number of furan rings is 3. The predicted molar refractivity (Wildman–Crippen MR) is 101 cm³/mol. The summed E-state index contributed by atoms with van der Waals surface area (Å²) in [7, 11) is 0. The van der Waals surface area contributed by atoms with Gasteiger partial charge < -0.3 is 18.2 Å². The first-order valence-electron chi connectivity index (χ1n) is 8.88. The highest BCUT2D eigenvalue weighted by atomic mass is 16.4. The molecule has 0 saturated carbocycles. The molecular formula is C22H21NO4. The van der Waals surface area contributed by atoms with Crippen molar-refractivity contribution in [2.45, 2.75) is 33.9 Å². The van der Waals surface area contributed by atoms with Crippen molar-refractivity contribution in [2.24, 2.45) is 0 Å². The average Bonchev–Trinajstić information content (AvgIpc) is 3.39. The number of nitrogens with zero attached hydrogens (tertiary/aromatic N) is 1.